The Hall–Kier alpha value is -2.15. The topological polar surface area (TPSA) is 33.0 Å². The SMILES string of the molecule is C=CCCC[C@H](C#N)O[Si](c1ccccc1)(c1ccccc1)C(C)(C)C. The Bertz CT molecular complexity index is 689. The van der Waals surface area contributed by atoms with Crippen LogP contribution in [0.1, 0.15) is 40.0 Å². The molecule has 2 nitrogen and oxygen atoms in total. The lowest BCUT2D eigenvalue weighted by atomic mass is 10.2. The van der Waals surface area contributed by atoms with E-state index in [0.717, 1.165) is 19.3 Å². The van der Waals surface area contributed by atoms with Gasteiger partial charge in [0.1, 0.15) is 6.10 Å². The maximum absolute atomic E-state index is 9.77. The molecule has 0 aliphatic heterocycles. The zero-order valence-electron chi connectivity index (χ0n) is 16.1. The van der Waals surface area contributed by atoms with Gasteiger partial charge < -0.3 is 4.43 Å². The minimum absolute atomic E-state index is 0.108. The van der Waals surface area contributed by atoms with Crippen molar-refractivity contribution in [2.45, 2.75) is 51.2 Å². The molecule has 3 heteroatoms. The van der Waals surface area contributed by atoms with Gasteiger partial charge in [-0.1, -0.05) is 87.5 Å². The van der Waals surface area contributed by atoms with Crippen molar-refractivity contribution in [3.63, 3.8) is 0 Å². The third-order valence-corrected chi connectivity index (χ3v) is 9.80. The fourth-order valence-electron chi connectivity index (χ4n) is 3.50. The Morgan fingerprint density at radius 3 is 1.92 bits per heavy atom. The van der Waals surface area contributed by atoms with E-state index in [1.54, 1.807) is 0 Å². The minimum Gasteiger partial charge on any atom is -0.392 e. The molecular formula is C23H29NOSi. The van der Waals surface area contributed by atoms with Crippen molar-refractivity contribution in [1.29, 1.82) is 5.26 Å². The molecule has 0 spiro atoms. The molecule has 0 unspecified atom stereocenters. The Labute approximate surface area is 159 Å². The van der Waals surface area contributed by atoms with E-state index >= 15 is 0 Å². The second-order valence-corrected chi connectivity index (χ2v) is 11.9. The van der Waals surface area contributed by atoms with Crippen LogP contribution in [0.25, 0.3) is 0 Å². The van der Waals surface area contributed by atoms with Crippen LogP contribution in [0.15, 0.2) is 73.3 Å². The average molecular weight is 364 g/mol. The number of benzene rings is 2. The lowest BCUT2D eigenvalue weighted by Gasteiger charge is -2.44. The monoisotopic (exact) mass is 363 g/mol. The molecule has 0 bridgehead atoms. The van der Waals surface area contributed by atoms with Crippen LogP contribution in [-0.4, -0.2) is 14.4 Å². The van der Waals surface area contributed by atoms with Crippen molar-refractivity contribution in [3.8, 4) is 6.07 Å². The van der Waals surface area contributed by atoms with E-state index in [1.807, 2.05) is 18.2 Å². The van der Waals surface area contributed by atoms with Crippen LogP contribution in [0.4, 0.5) is 0 Å². The van der Waals surface area contributed by atoms with Gasteiger partial charge in [-0.25, -0.2) is 0 Å². The van der Waals surface area contributed by atoms with Gasteiger partial charge in [-0.2, -0.15) is 5.26 Å². The summed E-state index contributed by atoms with van der Waals surface area (Å²) in [6, 6.07) is 23.3. The molecule has 2 rings (SSSR count). The third kappa shape index (κ3) is 4.33. The van der Waals surface area contributed by atoms with Crippen molar-refractivity contribution < 1.29 is 4.43 Å². The molecule has 0 saturated heterocycles. The second-order valence-electron chi connectivity index (χ2n) is 7.62. The summed E-state index contributed by atoms with van der Waals surface area (Å²) in [5.41, 5.74) is 0. The van der Waals surface area contributed by atoms with Crippen LogP contribution in [0, 0.1) is 11.3 Å². The smallest absolute Gasteiger partial charge is 0.262 e. The molecule has 0 radical (unpaired) electrons. The number of rotatable bonds is 8. The van der Waals surface area contributed by atoms with E-state index in [0.29, 0.717) is 0 Å². The normalized spacial score (nSPS) is 13.0. The van der Waals surface area contributed by atoms with Crippen LogP contribution in [-0.2, 0) is 4.43 Å². The molecule has 2 aromatic rings. The Kier molecular flexibility index (Phi) is 6.96. The zero-order valence-corrected chi connectivity index (χ0v) is 17.1. The molecule has 0 fully saturated rings. The highest BCUT2D eigenvalue weighted by Gasteiger charge is 2.51. The highest BCUT2D eigenvalue weighted by Crippen LogP contribution is 2.37. The van der Waals surface area contributed by atoms with Gasteiger partial charge in [0.15, 0.2) is 0 Å². The molecule has 0 amide bonds. The van der Waals surface area contributed by atoms with E-state index < -0.39 is 14.4 Å². The lowest BCUT2D eigenvalue weighted by Crippen LogP contribution is -2.67. The summed E-state index contributed by atoms with van der Waals surface area (Å²) >= 11 is 0. The predicted octanol–water partition coefficient (Wildman–Crippen LogP) is 4.81. The second kappa shape index (κ2) is 8.98. The minimum atomic E-state index is -2.64. The van der Waals surface area contributed by atoms with Crippen molar-refractivity contribution in [2.75, 3.05) is 0 Å². The summed E-state index contributed by atoms with van der Waals surface area (Å²) < 4.78 is 6.81. The predicted molar refractivity (Wildman–Crippen MR) is 112 cm³/mol. The number of nitriles is 1. The standard InChI is InChI=1S/C23H29NOSi/c1-5-6-9-14-20(19-24)25-26(23(2,3)4,21-15-10-7-11-16-21)22-17-12-8-13-18-22/h5,7-8,10-13,15-18,20H,1,6,9,14H2,2-4H3/t20-/m1/s1. The molecule has 136 valence electrons. The van der Waals surface area contributed by atoms with E-state index in [4.69, 9.17) is 4.43 Å². The molecule has 0 aliphatic carbocycles. The Morgan fingerprint density at radius 2 is 1.54 bits per heavy atom. The molecule has 0 N–H and O–H groups in total. The maximum atomic E-state index is 9.77. The van der Waals surface area contributed by atoms with Gasteiger partial charge in [0.05, 0.1) is 6.07 Å². The summed E-state index contributed by atoms with van der Waals surface area (Å²) in [5.74, 6) is 0. The molecule has 0 aliphatic rings. The molecule has 0 aromatic heterocycles. The summed E-state index contributed by atoms with van der Waals surface area (Å²) in [5, 5.41) is 12.1. The highest BCUT2D eigenvalue weighted by molar-refractivity contribution is 6.99. The first-order valence-corrected chi connectivity index (χ1v) is 11.2. The molecular weight excluding hydrogens is 334 g/mol. The van der Waals surface area contributed by atoms with Crippen LogP contribution < -0.4 is 10.4 Å². The van der Waals surface area contributed by atoms with Crippen LogP contribution in [0.2, 0.25) is 5.04 Å². The number of allylic oxidation sites excluding steroid dienone is 1. The molecule has 0 saturated carbocycles. The summed E-state index contributed by atoms with van der Waals surface area (Å²) in [6.07, 6.45) is 4.04. The van der Waals surface area contributed by atoms with Crippen LogP contribution in [0.5, 0.6) is 0 Å². The third-order valence-electron chi connectivity index (χ3n) is 4.75. The van der Waals surface area contributed by atoms with Crippen LogP contribution >= 0.6 is 0 Å². The molecule has 2 aromatic carbocycles. The van der Waals surface area contributed by atoms with Gasteiger partial charge in [0.25, 0.3) is 8.32 Å². The number of hydrogen-bond donors (Lipinski definition) is 0. The van der Waals surface area contributed by atoms with Gasteiger partial charge in [-0.3, -0.25) is 0 Å². The first kappa shape index (κ1) is 20.2. The molecule has 26 heavy (non-hydrogen) atoms. The number of hydrogen-bond acceptors (Lipinski definition) is 2. The van der Waals surface area contributed by atoms with E-state index in [1.165, 1.54) is 10.4 Å². The van der Waals surface area contributed by atoms with E-state index in [9.17, 15) is 5.26 Å². The zero-order chi connectivity index (χ0) is 19.0. The first-order chi connectivity index (χ1) is 12.5. The van der Waals surface area contributed by atoms with E-state index in [2.05, 4.69) is 82.0 Å². The maximum Gasteiger partial charge on any atom is 0.262 e. The fourth-order valence-corrected chi connectivity index (χ4v) is 8.11. The van der Waals surface area contributed by atoms with Crippen molar-refractivity contribution in [2.24, 2.45) is 0 Å². The Balaban J connectivity index is 2.57. The Morgan fingerprint density at radius 1 is 1.04 bits per heavy atom. The lowest BCUT2D eigenvalue weighted by molar-refractivity contribution is 0.226. The summed E-state index contributed by atoms with van der Waals surface area (Å²) in [7, 11) is -2.64. The highest BCUT2D eigenvalue weighted by atomic mass is 28.4. The fraction of sp³-hybridized carbons (Fsp3) is 0.348. The van der Waals surface area contributed by atoms with Gasteiger partial charge in [0, 0.05) is 0 Å². The van der Waals surface area contributed by atoms with Gasteiger partial charge in [-0.05, 0) is 34.7 Å². The van der Waals surface area contributed by atoms with Crippen molar-refractivity contribution in [3.05, 3.63) is 73.3 Å². The van der Waals surface area contributed by atoms with Gasteiger partial charge in [-0.15, -0.1) is 6.58 Å². The van der Waals surface area contributed by atoms with E-state index in [-0.39, 0.29) is 5.04 Å². The van der Waals surface area contributed by atoms with Gasteiger partial charge >= 0.3 is 0 Å². The average Bonchev–Trinajstić information content (AvgIpc) is 2.65. The van der Waals surface area contributed by atoms with Gasteiger partial charge in [0.2, 0.25) is 0 Å². The number of nitrogens with zero attached hydrogens (tertiary/aromatic N) is 1. The quantitative estimate of drug-likeness (QED) is 0.383. The van der Waals surface area contributed by atoms with Crippen LogP contribution in [0.3, 0.4) is 0 Å². The number of unbranched alkanes of at least 4 members (excludes halogenated alkanes) is 1. The molecule has 1 atom stereocenters. The van der Waals surface area contributed by atoms with Crippen molar-refractivity contribution >= 4 is 18.7 Å². The largest absolute Gasteiger partial charge is 0.392 e. The summed E-state index contributed by atoms with van der Waals surface area (Å²) in [4.78, 5) is 0. The first-order valence-electron chi connectivity index (χ1n) is 9.25. The van der Waals surface area contributed by atoms with Crippen molar-refractivity contribution in [1.82, 2.24) is 0 Å². The molecule has 0 heterocycles. The summed E-state index contributed by atoms with van der Waals surface area (Å²) in [6.45, 7) is 10.5.